The van der Waals surface area contributed by atoms with Gasteiger partial charge in [0, 0.05) is 32.5 Å². The number of methoxy groups -OCH3 is 1. The molecule has 13 heavy (non-hydrogen) atoms. The second-order valence-electron chi connectivity index (χ2n) is 3.13. The van der Waals surface area contributed by atoms with E-state index >= 15 is 0 Å². The number of rotatable bonds is 3. The van der Waals surface area contributed by atoms with Crippen molar-refractivity contribution in [1.82, 2.24) is 4.90 Å². The second kappa shape index (κ2) is 4.87. The third kappa shape index (κ3) is 3.46. The molecule has 0 aliphatic carbocycles. The molecule has 0 amide bonds. The van der Waals surface area contributed by atoms with Crippen molar-refractivity contribution in [3.8, 4) is 0 Å². The molecule has 4 heteroatoms. The highest BCUT2D eigenvalue weighted by molar-refractivity contribution is 5.79. The molecule has 0 radical (unpaired) electrons. The number of hydrogen-bond donors (Lipinski definition) is 1. The Bertz CT molecular complexity index is 195. The van der Waals surface area contributed by atoms with Crippen LogP contribution in [-0.2, 0) is 9.53 Å². The normalized spacial score (nSPS) is 19.6. The maximum Gasteiger partial charge on any atom is 0.329 e. The van der Waals surface area contributed by atoms with Crippen LogP contribution in [0.25, 0.3) is 0 Å². The summed E-state index contributed by atoms with van der Waals surface area (Å²) in [6, 6.07) is 0. The van der Waals surface area contributed by atoms with Gasteiger partial charge in [0.2, 0.25) is 0 Å². The molecule has 0 aromatic heterocycles. The van der Waals surface area contributed by atoms with E-state index in [9.17, 15) is 4.79 Å². The summed E-state index contributed by atoms with van der Waals surface area (Å²) in [7, 11) is 1.72. The van der Waals surface area contributed by atoms with Crippen molar-refractivity contribution in [2.45, 2.75) is 18.9 Å². The fraction of sp³-hybridized carbons (Fsp3) is 0.667. The van der Waals surface area contributed by atoms with Crippen LogP contribution in [0.2, 0.25) is 0 Å². The van der Waals surface area contributed by atoms with Crippen LogP contribution in [0.4, 0.5) is 0 Å². The van der Waals surface area contributed by atoms with Crippen molar-refractivity contribution in [2.24, 2.45) is 0 Å². The lowest BCUT2D eigenvalue weighted by molar-refractivity contribution is -0.131. The SMILES string of the molecule is COC1CCN(C=CC(=O)O)CC1. The van der Waals surface area contributed by atoms with Gasteiger partial charge < -0.3 is 14.7 Å². The molecule has 4 nitrogen and oxygen atoms in total. The van der Waals surface area contributed by atoms with Gasteiger partial charge in [-0.3, -0.25) is 0 Å². The second-order valence-corrected chi connectivity index (χ2v) is 3.13. The quantitative estimate of drug-likeness (QED) is 0.657. The summed E-state index contributed by atoms with van der Waals surface area (Å²) in [5, 5.41) is 8.40. The molecule has 0 atom stereocenters. The number of likely N-dealkylation sites (tertiary alicyclic amines) is 1. The van der Waals surface area contributed by atoms with Crippen molar-refractivity contribution < 1.29 is 14.6 Å². The minimum Gasteiger partial charge on any atom is -0.478 e. The molecular weight excluding hydrogens is 170 g/mol. The first kappa shape index (κ1) is 10.1. The fourth-order valence-corrected chi connectivity index (χ4v) is 1.43. The summed E-state index contributed by atoms with van der Waals surface area (Å²) in [5.41, 5.74) is 0. The molecule has 0 bridgehead atoms. The largest absolute Gasteiger partial charge is 0.478 e. The predicted octanol–water partition coefficient (Wildman–Crippen LogP) is 0.696. The average molecular weight is 185 g/mol. The van der Waals surface area contributed by atoms with Crippen LogP contribution in [0.1, 0.15) is 12.8 Å². The molecule has 1 saturated heterocycles. The monoisotopic (exact) mass is 185 g/mol. The summed E-state index contributed by atoms with van der Waals surface area (Å²) in [5.74, 6) is -0.895. The molecule has 74 valence electrons. The number of hydrogen-bond acceptors (Lipinski definition) is 3. The lowest BCUT2D eigenvalue weighted by Gasteiger charge is -2.29. The lowest BCUT2D eigenvalue weighted by atomic mass is 10.1. The van der Waals surface area contributed by atoms with Crippen LogP contribution in [0, 0.1) is 0 Å². The highest BCUT2D eigenvalue weighted by atomic mass is 16.5. The maximum absolute atomic E-state index is 10.2. The predicted molar refractivity (Wildman–Crippen MR) is 48.4 cm³/mol. The summed E-state index contributed by atoms with van der Waals surface area (Å²) in [6.07, 6.45) is 5.09. The Morgan fingerprint density at radius 3 is 2.62 bits per heavy atom. The van der Waals surface area contributed by atoms with E-state index in [0.29, 0.717) is 6.10 Å². The van der Waals surface area contributed by atoms with Crippen LogP contribution in [-0.4, -0.2) is 42.3 Å². The lowest BCUT2D eigenvalue weighted by Crippen LogP contribution is -2.33. The fourth-order valence-electron chi connectivity index (χ4n) is 1.43. The molecule has 0 saturated carbocycles. The number of aliphatic carboxylic acids is 1. The summed E-state index contributed by atoms with van der Waals surface area (Å²) >= 11 is 0. The molecule has 1 fully saturated rings. The van der Waals surface area contributed by atoms with Gasteiger partial charge in [0.05, 0.1) is 6.10 Å². The van der Waals surface area contributed by atoms with E-state index in [1.165, 1.54) is 6.08 Å². The smallest absolute Gasteiger partial charge is 0.329 e. The zero-order valence-corrected chi connectivity index (χ0v) is 7.77. The van der Waals surface area contributed by atoms with E-state index in [1.807, 2.05) is 4.90 Å². The van der Waals surface area contributed by atoms with E-state index < -0.39 is 5.97 Å². The molecular formula is C9H15NO3. The van der Waals surface area contributed by atoms with Crippen LogP contribution >= 0.6 is 0 Å². The molecule has 1 rings (SSSR count). The van der Waals surface area contributed by atoms with Gasteiger partial charge in [-0.25, -0.2) is 4.79 Å². The van der Waals surface area contributed by atoms with E-state index in [-0.39, 0.29) is 0 Å². The third-order valence-electron chi connectivity index (χ3n) is 2.24. The van der Waals surface area contributed by atoms with E-state index in [2.05, 4.69) is 0 Å². The number of carboxylic acids is 1. The standard InChI is InChI=1S/C9H15NO3/c1-13-8-2-5-10(6-3-8)7-4-9(11)12/h4,7-8H,2-3,5-6H2,1H3,(H,11,12). The molecule has 1 N–H and O–H groups in total. The van der Waals surface area contributed by atoms with Gasteiger partial charge in [-0.1, -0.05) is 0 Å². The van der Waals surface area contributed by atoms with Crippen LogP contribution < -0.4 is 0 Å². The van der Waals surface area contributed by atoms with Gasteiger partial charge in [0.1, 0.15) is 0 Å². The molecule has 1 aliphatic rings. The van der Waals surface area contributed by atoms with Gasteiger partial charge in [0.25, 0.3) is 0 Å². The van der Waals surface area contributed by atoms with Gasteiger partial charge in [-0.05, 0) is 12.8 Å². The molecule has 1 aliphatic heterocycles. The molecule has 0 unspecified atom stereocenters. The van der Waals surface area contributed by atoms with Crippen molar-refractivity contribution in [3.05, 3.63) is 12.3 Å². The number of piperidine rings is 1. The zero-order chi connectivity index (χ0) is 9.68. The van der Waals surface area contributed by atoms with Crippen LogP contribution in [0.15, 0.2) is 12.3 Å². The first-order valence-corrected chi connectivity index (χ1v) is 4.40. The Balaban J connectivity index is 2.28. The van der Waals surface area contributed by atoms with E-state index in [4.69, 9.17) is 9.84 Å². The first-order valence-electron chi connectivity index (χ1n) is 4.40. The Morgan fingerprint density at radius 1 is 1.54 bits per heavy atom. The third-order valence-corrected chi connectivity index (χ3v) is 2.24. The van der Waals surface area contributed by atoms with Crippen molar-refractivity contribution in [1.29, 1.82) is 0 Å². The highest BCUT2D eigenvalue weighted by Gasteiger charge is 2.15. The Kier molecular flexibility index (Phi) is 3.76. The summed E-state index contributed by atoms with van der Waals surface area (Å²) in [4.78, 5) is 12.2. The van der Waals surface area contributed by atoms with Crippen LogP contribution in [0.5, 0.6) is 0 Å². The minimum atomic E-state index is -0.895. The summed E-state index contributed by atoms with van der Waals surface area (Å²) < 4.78 is 5.20. The number of carbonyl (C=O) groups is 1. The van der Waals surface area contributed by atoms with Crippen molar-refractivity contribution in [2.75, 3.05) is 20.2 Å². The van der Waals surface area contributed by atoms with E-state index in [0.717, 1.165) is 25.9 Å². The minimum absolute atomic E-state index is 0.342. The highest BCUT2D eigenvalue weighted by Crippen LogP contribution is 2.12. The van der Waals surface area contributed by atoms with E-state index in [1.54, 1.807) is 13.3 Å². The molecule has 1 heterocycles. The van der Waals surface area contributed by atoms with Crippen molar-refractivity contribution in [3.63, 3.8) is 0 Å². The van der Waals surface area contributed by atoms with Gasteiger partial charge >= 0.3 is 5.97 Å². The summed E-state index contributed by atoms with van der Waals surface area (Å²) in [6.45, 7) is 1.75. The Hall–Kier alpha value is -1.03. The average Bonchev–Trinajstić information content (AvgIpc) is 2.15. The molecule has 0 aromatic carbocycles. The Morgan fingerprint density at radius 2 is 2.15 bits per heavy atom. The first-order chi connectivity index (χ1) is 6.22. The number of carboxylic acid groups (broad SMARTS) is 1. The van der Waals surface area contributed by atoms with Gasteiger partial charge in [-0.15, -0.1) is 0 Å². The Labute approximate surface area is 77.8 Å². The number of nitrogens with zero attached hydrogens (tertiary/aromatic N) is 1. The van der Waals surface area contributed by atoms with Gasteiger partial charge in [-0.2, -0.15) is 0 Å². The maximum atomic E-state index is 10.2. The number of ether oxygens (including phenoxy) is 1. The zero-order valence-electron chi connectivity index (χ0n) is 7.77. The van der Waals surface area contributed by atoms with Crippen LogP contribution in [0.3, 0.4) is 0 Å². The topological polar surface area (TPSA) is 49.8 Å². The van der Waals surface area contributed by atoms with Crippen molar-refractivity contribution >= 4 is 5.97 Å². The molecule has 0 aromatic rings. The van der Waals surface area contributed by atoms with Gasteiger partial charge in [0.15, 0.2) is 0 Å². The molecule has 0 spiro atoms.